The summed E-state index contributed by atoms with van der Waals surface area (Å²) in [4.78, 5) is 0. The average molecular weight is 425 g/mol. The predicted octanol–water partition coefficient (Wildman–Crippen LogP) is 6.68. The Labute approximate surface area is 191 Å². The van der Waals surface area contributed by atoms with Crippen molar-refractivity contribution >= 4 is 10.8 Å². The molecule has 3 atom stereocenters. The molecule has 3 N–H and O–H groups in total. The topological polar surface area (TPSA) is 44.3 Å². The third-order valence-corrected chi connectivity index (χ3v) is 6.23. The SMILES string of the molecule is C[C@@H](NCC[C@H](N[C@H](C)c1ccccc1)c1c(O)ccc2ccccc12)c1ccccc1. The van der Waals surface area contributed by atoms with Crippen molar-refractivity contribution in [3.63, 3.8) is 0 Å². The molecule has 0 aromatic heterocycles. The van der Waals surface area contributed by atoms with Gasteiger partial charge in [-0.25, -0.2) is 0 Å². The molecule has 0 aliphatic heterocycles. The van der Waals surface area contributed by atoms with Crippen molar-refractivity contribution in [2.45, 2.75) is 38.4 Å². The van der Waals surface area contributed by atoms with Crippen LogP contribution < -0.4 is 10.6 Å². The molecule has 0 saturated carbocycles. The molecule has 164 valence electrons. The van der Waals surface area contributed by atoms with Crippen LogP contribution in [0.5, 0.6) is 5.75 Å². The summed E-state index contributed by atoms with van der Waals surface area (Å²) in [5.41, 5.74) is 3.49. The van der Waals surface area contributed by atoms with Crippen molar-refractivity contribution in [2.75, 3.05) is 6.54 Å². The molecule has 0 heterocycles. The number of fused-ring (bicyclic) bond motifs is 1. The lowest BCUT2D eigenvalue weighted by Gasteiger charge is -2.27. The second-order valence-electron chi connectivity index (χ2n) is 8.45. The van der Waals surface area contributed by atoms with E-state index in [1.807, 2.05) is 36.4 Å². The third-order valence-electron chi connectivity index (χ3n) is 6.23. The van der Waals surface area contributed by atoms with Crippen LogP contribution in [0.3, 0.4) is 0 Å². The number of hydrogen-bond acceptors (Lipinski definition) is 3. The fraction of sp³-hybridized carbons (Fsp3) is 0.241. The van der Waals surface area contributed by atoms with E-state index in [4.69, 9.17) is 0 Å². The molecule has 4 aromatic carbocycles. The second-order valence-corrected chi connectivity index (χ2v) is 8.45. The minimum Gasteiger partial charge on any atom is -0.508 e. The first-order chi connectivity index (χ1) is 15.6. The summed E-state index contributed by atoms with van der Waals surface area (Å²) < 4.78 is 0. The van der Waals surface area contributed by atoms with Crippen molar-refractivity contribution < 1.29 is 5.11 Å². The molecule has 0 radical (unpaired) electrons. The van der Waals surface area contributed by atoms with Crippen LogP contribution >= 0.6 is 0 Å². The van der Waals surface area contributed by atoms with E-state index >= 15 is 0 Å². The van der Waals surface area contributed by atoms with E-state index in [0.717, 1.165) is 29.3 Å². The van der Waals surface area contributed by atoms with Gasteiger partial charge in [-0.15, -0.1) is 0 Å². The molecule has 0 amide bonds. The van der Waals surface area contributed by atoms with Gasteiger partial charge in [0.2, 0.25) is 0 Å². The van der Waals surface area contributed by atoms with Crippen molar-refractivity contribution in [2.24, 2.45) is 0 Å². The highest BCUT2D eigenvalue weighted by atomic mass is 16.3. The van der Waals surface area contributed by atoms with Crippen LogP contribution in [0.1, 0.15) is 55.1 Å². The summed E-state index contributed by atoms with van der Waals surface area (Å²) in [5, 5.41) is 20.6. The van der Waals surface area contributed by atoms with E-state index in [1.54, 1.807) is 0 Å². The van der Waals surface area contributed by atoms with Gasteiger partial charge in [-0.05, 0) is 54.8 Å². The van der Waals surface area contributed by atoms with Crippen LogP contribution in [0.15, 0.2) is 97.1 Å². The van der Waals surface area contributed by atoms with Crippen LogP contribution in [-0.4, -0.2) is 11.7 Å². The molecule has 0 bridgehead atoms. The molecule has 0 aliphatic rings. The molecule has 0 unspecified atom stereocenters. The molecule has 0 spiro atoms. The summed E-state index contributed by atoms with van der Waals surface area (Å²) >= 11 is 0. The molecule has 3 heteroatoms. The normalized spacial score (nSPS) is 14.2. The quantitative estimate of drug-likeness (QED) is 0.281. The summed E-state index contributed by atoms with van der Waals surface area (Å²) in [7, 11) is 0. The zero-order valence-electron chi connectivity index (χ0n) is 18.8. The zero-order valence-corrected chi connectivity index (χ0v) is 18.8. The minimum absolute atomic E-state index is 0.00628. The van der Waals surface area contributed by atoms with Crippen molar-refractivity contribution in [3.05, 3.63) is 114 Å². The first-order valence-corrected chi connectivity index (χ1v) is 11.4. The number of aromatic hydroxyl groups is 1. The van der Waals surface area contributed by atoms with Gasteiger partial charge in [0.15, 0.2) is 0 Å². The highest BCUT2D eigenvalue weighted by molar-refractivity contribution is 5.88. The summed E-state index contributed by atoms with van der Waals surface area (Å²) in [6.45, 7) is 5.21. The minimum atomic E-state index is 0.00628. The van der Waals surface area contributed by atoms with E-state index in [1.165, 1.54) is 11.1 Å². The van der Waals surface area contributed by atoms with Crippen molar-refractivity contribution in [1.29, 1.82) is 0 Å². The van der Waals surface area contributed by atoms with E-state index < -0.39 is 0 Å². The first-order valence-electron chi connectivity index (χ1n) is 11.4. The Balaban J connectivity index is 1.58. The molecular formula is C29H32N2O. The van der Waals surface area contributed by atoms with Gasteiger partial charge in [-0.3, -0.25) is 0 Å². The zero-order chi connectivity index (χ0) is 22.3. The molecular weight excluding hydrogens is 392 g/mol. The largest absolute Gasteiger partial charge is 0.508 e. The number of benzene rings is 4. The van der Waals surface area contributed by atoms with Crippen LogP contribution in [0.2, 0.25) is 0 Å². The Morgan fingerprint density at radius 3 is 1.97 bits per heavy atom. The standard InChI is InChI=1S/C29H32N2O/c1-21(23-11-5-3-6-12-23)30-20-19-27(31-22(2)24-13-7-4-8-14-24)29-26-16-10-9-15-25(26)17-18-28(29)32/h3-18,21-22,27,30-32H,19-20H2,1-2H3/t21-,22-,27+/m1/s1. The second kappa shape index (κ2) is 10.4. The third kappa shape index (κ3) is 5.18. The number of hydrogen-bond donors (Lipinski definition) is 3. The predicted molar refractivity (Wildman–Crippen MR) is 134 cm³/mol. The Morgan fingerprint density at radius 1 is 0.688 bits per heavy atom. The maximum atomic E-state index is 10.9. The lowest BCUT2D eigenvalue weighted by atomic mass is 9.94. The molecule has 0 fully saturated rings. The van der Waals surface area contributed by atoms with Crippen LogP contribution in [-0.2, 0) is 0 Å². The van der Waals surface area contributed by atoms with E-state index in [9.17, 15) is 5.11 Å². The van der Waals surface area contributed by atoms with Crippen molar-refractivity contribution in [3.8, 4) is 5.75 Å². The van der Waals surface area contributed by atoms with Gasteiger partial charge in [-0.1, -0.05) is 91.0 Å². The molecule has 3 nitrogen and oxygen atoms in total. The van der Waals surface area contributed by atoms with E-state index in [-0.39, 0.29) is 18.1 Å². The highest BCUT2D eigenvalue weighted by Gasteiger charge is 2.21. The van der Waals surface area contributed by atoms with Gasteiger partial charge in [0.25, 0.3) is 0 Å². The fourth-order valence-electron chi connectivity index (χ4n) is 4.40. The van der Waals surface area contributed by atoms with Gasteiger partial charge in [0, 0.05) is 23.7 Å². The highest BCUT2D eigenvalue weighted by Crippen LogP contribution is 2.35. The number of phenolic OH excluding ortho intramolecular Hbond substituents is 1. The summed E-state index contributed by atoms with van der Waals surface area (Å²) in [5.74, 6) is 0.345. The van der Waals surface area contributed by atoms with E-state index in [0.29, 0.717) is 5.75 Å². The summed E-state index contributed by atoms with van der Waals surface area (Å²) in [6, 6.07) is 33.5. The van der Waals surface area contributed by atoms with Gasteiger partial charge in [-0.2, -0.15) is 0 Å². The number of nitrogens with one attached hydrogen (secondary N) is 2. The molecule has 32 heavy (non-hydrogen) atoms. The van der Waals surface area contributed by atoms with Gasteiger partial charge in [0.05, 0.1) is 0 Å². The average Bonchev–Trinajstić information content (AvgIpc) is 2.84. The lowest BCUT2D eigenvalue weighted by molar-refractivity contribution is 0.401. The van der Waals surface area contributed by atoms with Gasteiger partial charge < -0.3 is 15.7 Å². The first kappa shape index (κ1) is 22.1. The lowest BCUT2D eigenvalue weighted by Crippen LogP contribution is -2.29. The summed E-state index contributed by atoms with van der Waals surface area (Å²) in [6.07, 6.45) is 0.857. The Bertz CT molecular complexity index is 1130. The van der Waals surface area contributed by atoms with E-state index in [2.05, 4.69) is 85.1 Å². The molecule has 4 aromatic rings. The molecule has 0 saturated heterocycles. The van der Waals surface area contributed by atoms with Crippen LogP contribution in [0.4, 0.5) is 0 Å². The van der Waals surface area contributed by atoms with Crippen LogP contribution in [0.25, 0.3) is 10.8 Å². The van der Waals surface area contributed by atoms with Crippen molar-refractivity contribution in [1.82, 2.24) is 10.6 Å². The smallest absolute Gasteiger partial charge is 0.120 e. The molecule has 4 rings (SSSR count). The Hall–Kier alpha value is -3.14. The monoisotopic (exact) mass is 424 g/mol. The van der Waals surface area contributed by atoms with Crippen LogP contribution in [0, 0.1) is 0 Å². The maximum Gasteiger partial charge on any atom is 0.120 e. The maximum absolute atomic E-state index is 10.9. The Kier molecular flexibility index (Phi) is 7.21. The van der Waals surface area contributed by atoms with Gasteiger partial charge in [0.1, 0.15) is 5.75 Å². The molecule has 0 aliphatic carbocycles. The van der Waals surface area contributed by atoms with Gasteiger partial charge >= 0.3 is 0 Å². The number of rotatable bonds is 9. The fourth-order valence-corrected chi connectivity index (χ4v) is 4.40. The number of phenols is 1. The Morgan fingerprint density at radius 2 is 1.28 bits per heavy atom.